The summed E-state index contributed by atoms with van der Waals surface area (Å²) in [7, 11) is 0. The lowest BCUT2D eigenvalue weighted by atomic mass is 10.1. The number of carbonyl (C=O) groups excluding carboxylic acids is 1. The minimum Gasteiger partial charge on any atom is -0.306 e. The average Bonchev–Trinajstić information content (AvgIpc) is 2.46. The number of benzene rings is 2. The van der Waals surface area contributed by atoms with E-state index in [0.717, 1.165) is 16.3 Å². The second-order valence-electron chi connectivity index (χ2n) is 4.54. The first-order chi connectivity index (χ1) is 10.1. The third-order valence-corrected chi connectivity index (χ3v) is 5.13. The SMILES string of the molecule is O=C(c1ccc(F)cc1Br)N1CCSc2ccc(Cl)cc21. The standard InChI is InChI=1S/C15H10BrClFNOS/c16-12-8-10(18)2-3-11(12)15(20)19-5-6-21-14-4-1-9(17)7-13(14)19/h1-4,7-8H,5-6H2. The molecule has 2 aromatic rings. The van der Waals surface area contributed by atoms with Gasteiger partial charge in [-0.05, 0) is 52.3 Å². The Bertz CT molecular complexity index is 725. The zero-order valence-electron chi connectivity index (χ0n) is 10.8. The van der Waals surface area contributed by atoms with Crippen molar-refractivity contribution in [3.05, 3.63) is 57.3 Å². The van der Waals surface area contributed by atoms with Gasteiger partial charge in [-0.3, -0.25) is 4.79 Å². The number of fused-ring (bicyclic) bond motifs is 1. The van der Waals surface area contributed by atoms with Crippen molar-refractivity contribution >= 4 is 50.9 Å². The molecule has 0 spiro atoms. The molecule has 1 amide bonds. The molecule has 21 heavy (non-hydrogen) atoms. The van der Waals surface area contributed by atoms with Crippen molar-refractivity contribution in [1.29, 1.82) is 0 Å². The van der Waals surface area contributed by atoms with Crippen LogP contribution in [0.2, 0.25) is 5.02 Å². The molecule has 0 saturated carbocycles. The molecule has 1 heterocycles. The molecule has 0 aliphatic carbocycles. The zero-order valence-corrected chi connectivity index (χ0v) is 13.9. The van der Waals surface area contributed by atoms with E-state index in [4.69, 9.17) is 11.6 Å². The van der Waals surface area contributed by atoms with E-state index < -0.39 is 0 Å². The van der Waals surface area contributed by atoms with Crippen molar-refractivity contribution in [3.63, 3.8) is 0 Å². The first-order valence-corrected chi connectivity index (χ1v) is 8.41. The van der Waals surface area contributed by atoms with Gasteiger partial charge in [-0.25, -0.2) is 4.39 Å². The van der Waals surface area contributed by atoms with Crippen LogP contribution >= 0.6 is 39.3 Å². The lowest BCUT2D eigenvalue weighted by molar-refractivity contribution is 0.0987. The topological polar surface area (TPSA) is 20.3 Å². The summed E-state index contributed by atoms with van der Waals surface area (Å²) < 4.78 is 13.6. The summed E-state index contributed by atoms with van der Waals surface area (Å²) in [5, 5.41) is 0.590. The van der Waals surface area contributed by atoms with Crippen molar-refractivity contribution in [2.24, 2.45) is 0 Å². The van der Waals surface area contributed by atoms with Gasteiger partial charge in [0.2, 0.25) is 0 Å². The van der Waals surface area contributed by atoms with E-state index in [2.05, 4.69) is 15.9 Å². The summed E-state index contributed by atoms with van der Waals surface area (Å²) >= 11 is 11.0. The fourth-order valence-corrected chi connectivity index (χ4v) is 3.87. The van der Waals surface area contributed by atoms with Gasteiger partial charge in [-0.1, -0.05) is 11.6 Å². The third kappa shape index (κ3) is 2.96. The lowest BCUT2D eigenvalue weighted by Crippen LogP contribution is -2.35. The van der Waals surface area contributed by atoms with Crippen LogP contribution in [0.1, 0.15) is 10.4 Å². The molecule has 0 unspecified atom stereocenters. The van der Waals surface area contributed by atoms with Gasteiger partial charge in [0, 0.05) is 26.7 Å². The molecule has 0 aromatic heterocycles. The molecule has 1 aliphatic rings. The minimum absolute atomic E-state index is 0.161. The highest BCUT2D eigenvalue weighted by Crippen LogP contribution is 2.37. The Balaban J connectivity index is 2.02. The van der Waals surface area contributed by atoms with E-state index in [1.807, 2.05) is 12.1 Å². The van der Waals surface area contributed by atoms with Gasteiger partial charge in [-0.2, -0.15) is 0 Å². The zero-order chi connectivity index (χ0) is 15.0. The Kier molecular flexibility index (Phi) is 4.24. The molecule has 6 heteroatoms. The highest BCUT2D eigenvalue weighted by molar-refractivity contribution is 9.10. The maximum Gasteiger partial charge on any atom is 0.259 e. The van der Waals surface area contributed by atoms with Crippen LogP contribution in [0, 0.1) is 5.82 Å². The predicted octanol–water partition coefficient (Wildman–Crippen LogP) is 4.99. The molecule has 0 fully saturated rings. The van der Waals surface area contributed by atoms with Gasteiger partial charge in [0.05, 0.1) is 11.3 Å². The van der Waals surface area contributed by atoms with Crippen molar-refractivity contribution in [1.82, 2.24) is 0 Å². The van der Waals surface area contributed by atoms with Crippen molar-refractivity contribution in [2.75, 3.05) is 17.2 Å². The van der Waals surface area contributed by atoms with E-state index in [0.29, 0.717) is 21.6 Å². The van der Waals surface area contributed by atoms with Crippen molar-refractivity contribution in [2.45, 2.75) is 4.90 Å². The summed E-state index contributed by atoms with van der Waals surface area (Å²) in [6, 6.07) is 9.60. The highest BCUT2D eigenvalue weighted by Gasteiger charge is 2.25. The van der Waals surface area contributed by atoms with Crippen LogP contribution < -0.4 is 4.90 Å². The number of hydrogen-bond donors (Lipinski definition) is 0. The van der Waals surface area contributed by atoms with Gasteiger partial charge in [-0.15, -0.1) is 11.8 Å². The molecule has 3 rings (SSSR count). The number of anilines is 1. The van der Waals surface area contributed by atoms with Gasteiger partial charge >= 0.3 is 0 Å². The summed E-state index contributed by atoms with van der Waals surface area (Å²) in [6.07, 6.45) is 0. The number of halogens is 3. The first-order valence-electron chi connectivity index (χ1n) is 6.25. The van der Waals surface area contributed by atoms with E-state index in [1.165, 1.54) is 18.2 Å². The average molecular weight is 387 g/mol. The summed E-state index contributed by atoms with van der Waals surface area (Å²) in [5.74, 6) is 0.279. The maximum absolute atomic E-state index is 13.2. The molecule has 0 bridgehead atoms. The molecule has 0 atom stereocenters. The number of thioether (sulfide) groups is 1. The minimum atomic E-state index is -0.379. The summed E-state index contributed by atoms with van der Waals surface area (Å²) in [5.41, 5.74) is 1.24. The molecular formula is C15H10BrClFNOS. The molecule has 1 aliphatic heterocycles. The van der Waals surface area contributed by atoms with E-state index in [-0.39, 0.29) is 11.7 Å². The Hall–Kier alpha value is -1.04. The Morgan fingerprint density at radius 1 is 1.29 bits per heavy atom. The van der Waals surface area contributed by atoms with Crippen molar-refractivity contribution in [3.8, 4) is 0 Å². The first kappa shape index (κ1) is 14.9. The predicted molar refractivity (Wildman–Crippen MR) is 88.0 cm³/mol. The van der Waals surface area contributed by atoms with Crippen molar-refractivity contribution < 1.29 is 9.18 Å². The summed E-state index contributed by atoms with van der Waals surface area (Å²) in [6.45, 7) is 0.598. The highest BCUT2D eigenvalue weighted by atomic mass is 79.9. The number of rotatable bonds is 1. The van der Waals surface area contributed by atoms with Crippen LogP contribution in [-0.2, 0) is 0 Å². The molecule has 108 valence electrons. The molecule has 0 N–H and O–H groups in total. The van der Waals surface area contributed by atoms with Gasteiger partial charge in [0.1, 0.15) is 5.82 Å². The van der Waals surface area contributed by atoms with Crippen LogP contribution in [0.4, 0.5) is 10.1 Å². The Morgan fingerprint density at radius 3 is 2.86 bits per heavy atom. The number of carbonyl (C=O) groups is 1. The van der Waals surface area contributed by atoms with Gasteiger partial charge in [0.15, 0.2) is 0 Å². The van der Waals surface area contributed by atoms with Crippen LogP contribution in [0.15, 0.2) is 45.8 Å². The molecule has 2 aromatic carbocycles. The monoisotopic (exact) mass is 385 g/mol. The second-order valence-corrected chi connectivity index (χ2v) is 6.97. The lowest BCUT2D eigenvalue weighted by Gasteiger charge is -2.29. The van der Waals surface area contributed by atoms with E-state index in [9.17, 15) is 9.18 Å². The van der Waals surface area contributed by atoms with Crippen LogP contribution in [0.3, 0.4) is 0 Å². The fourth-order valence-electron chi connectivity index (χ4n) is 2.21. The second kappa shape index (κ2) is 5.99. The van der Waals surface area contributed by atoms with Crippen LogP contribution in [0.5, 0.6) is 0 Å². The summed E-state index contributed by atoms with van der Waals surface area (Å²) in [4.78, 5) is 15.4. The van der Waals surface area contributed by atoms with Crippen LogP contribution in [0.25, 0.3) is 0 Å². The third-order valence-electron chi connectivity index (χ3n) is 3.19. The maximum atomic E-state index is 13.2. The van der Waals surface area contributed by atoms with Gasteiger partial charge in [0.25, 0.3) is 5.91 Å². The smallest absolute Gasteiger partial charge is 0.259 e. The van der Waals surface area contributed by atoms with Gasteiger partial charge < -0.3 is 4.90 Å². The molecular weight excluding hydrogens is 377 g/mol. The Labute approximate surface area is 139 Å². The van der Waals surface area contributed by atoms with E-state index in [1.54, 1.807) is 22.7 Å². The largest absolute Gasteiger partial charge is 0.306 e. The Morgan fingerprint density at radius 2 is 2.10 bits per heavy atom. The quantitative estimate of drug-likeness (QED) is 0.688. The molecule has 0 saturated heterocycles. The molecule has 0 radical (unpaired) electrons. The van der Waals surface area contributed by atoms with E-state index >= 15 is 0 Å². The normalized spacial score (nSPS) is 14.0. The fraction of sp³-hybridized carbons (Fsp3) is 0.133. The van der Waals surface area contributed by atoms with Crippen LogP contribution in [-0.4, -0.2) is 18.2 Å². The number of hydrogen-bond acceptors (Lipinski definition) is 2. The molecule has 2 nitrogen and oxygen atoms in total. The number of amides is 1. The number of nitrogens with zero attached hydrogens (tertiary/aromatic N) is 1.